The van der Waals surface area contributed by atoms with Gasteiger partial charge in [-0.2, -0.15) is 0 Å². The number of anilines is 2. The van der Waals surface area contributed by atoms with Crippen molar-refractivity contribution in [2.24, 2.45) is 35.5 Å². The van der Waals surface area contributed by atoms with Crippen LogP contribution in [0.15, 0.2) is 72.8 Å². The highest BCUT2D eigenvalue weighted by Gasteiger charge is 2.60. The van der Waals surface area contributed by atoms with E-state index >= 15 is 0 Å². The summed E-state index contributed by atoms with van der Waals surface area (Å²) in [6, 6.07) is 15.0. The molecule has 6 atom stereocenters. The maximum absolute atomic E-state index is 13.6. The van der Waals surface area contributed by atoms with E-state index in [0.717, 1.165) is 24.0 Å². The number of imide groups is 2. The fourth-order valence-corrected chi connectivity index (χ4v) is 6.47. The molecule has 0 bridgehead atoms. The lowest BCUT2D eigenvalue weighted by Crippen LogP contribution is -2.64. The Morgan fingerprint density at radius 1 is 0.500 bits per heavy atom. The lowest BCUT2D eigenvalue weighted by atomic mass is 9.55. The molecule has 2 aromatic carbocycles. The number of hydrogen-bond acceptors (Lipinski definition) is 4. The second-order valence-corrected chi connectivity index (χ2v) is 10.1. The second kappa shape index (κ2) is 8.40. The van der Waals surface area contributed by atoms with Gasteiger partial charge in [0, 0.05) is 0 Å². The summed E-state index contributed by atoms with van der Waals surface area (Å²) in [7, 11) is 0. The molecule has 2 aromatic rings. The molecule has 2 fully saturated rings. The lowest BCUT2D eigenvalue weighted by molar-refractivity contribution is -0.148. The average Bonchev–Trinajstić information content (AvgIpc) is 2.91. The van der Waals surface area contributed by atoms with E-state index in [1.807, 2.05) is 48.5 Å². The van der Waals surface area contributed by atoms with E-state index in [1.54, 1.807) is 24.3 Å². The zero-order valence-electron chi connectivity index (χ0n) is 20.3. The maximum atomic E-state index is 13.6. The van der Waals surface area contributed by atoms with E-state index in [2.05, 4.69) is 13.8 Å². The van der Waals surface area contributed by atoms with Crippen LogP contribution >= 0.6 is 0 Å². The van der Waals surface area contributed by atoms with Crippen molar-refractivity contribution in [3.05, 3.63) is 84.0 Å². The van der Waals surface area contributed by atoms with Crippen molar-refractivity contribution in [3.63, 3.8) is 0 Å². The Labute approximate surface area is 210 Å². The van der Waals surface area contributed by atoms with Gasteiger partial charge in [0.25, 0.3) is 0 Å². The molecule has 0 aromatic heterocycles. The fraction of sp³-hybridized carbons (Fsp3) is 0.333. The summed E-state index contributed by atoms with van der Waals surface area (Å²) < 4.78 is 0. The summed E-state index contributed by atoms with van der Waals surface area (Å²) >= 11 is 0. The molecule has 0 spiro atoms. The third-order valence-corrected chi connectivity index (χ3v) is 8.38. The molecule has 0 N–H and O–H groups in total. The first kappa shape index (κ1) is 22.7. The Balaban J connectivity index is 1.39. The van der Waals surface area contributed by atoms with Crippen LogP contribution in [-0.4, -0.2) is 23.6 Å². The third-order valence-electron chi connectivity index (χ3n) is 8.38. The van der Waals surface area contributed by atoms with E-state index in [4.69, 9.17) is 0 Å². The van der Waals surface area contributed by atoms with Crippen LogP contribution in [0.1, 0.15) is 25.0 Å². The summed E-state index contributed by atoms with van der Waals surface area (Å²) in [5, 5.41) is 0. The van der Waals surface area contributed by atoms with Crippen LogP contribution in [0.2, 0.25) is 0 Å². The Morgan fingerprint density at radius 3 is 1.03 bits per heavy atom. The van der Waals surface area contributed by atoms with Gasteiger partial charge in [-0.1, -0.05) is 62.4 Å². The highest BCUT2D eigenvalue weighted by Crippen LogP contribution is 2.53. The first-order valence-electron chi connectivity index (χ1n) is 12.7. The summed E-state index contributed by atoms with van der Waals surface area (Å²) in [5.41, 5.74) is 3.37. The Bertz CT molecular complexity index is 1170. The normalized spacial score (nSPS) is 30.6. The molecule has 2 heterocycles. The molecule has 6 nitrogen and oxygen atoms in total. The molecular weight excluding hydrogens is 452 g/mol. The van der Waals surface area contributed by atoms with Gasteiger partial charge in [-0.25, -0.2) is 9.80 Å². The Kier molecular flexibility index (Phi) is 5.29. The van der Waals surface area contributed by atoms with Crippen molar-refractivity contribution >= 4 is 35.0 Å². The second-order valence-electron chi connectivity index (χ2n) is 10.1. The van der Waals surface area contributed by atoms with Gasteiger partial charge in [0.2, 0.25) is 23.6 Å². The van der Waals surface area contributed by atoms with Crippen molar-refractivity contribution in [1.29, 1.82) is 0 Å². The first-order valence-corrected chi connectivity index (χ1v) is 12.7. The molecule has 6 heteroatoms. The number of nitrogens with zero attached hydrogens (tertiary/aromatic N) is 2. The monoisotopic (exact) mass is 480 g/mol. The van der Waals surface area contributed by atoms with Gasteiger partial charge in [0.05, 0.1) is 35.0 Å². The van der Waals surface area contributed by atoms with E-state index < -0.39 is 35.5 Å². The van der Waals surface area contributed by atoms with Crippen LogP contribution in [0.4, 0.5) is 11.4 Å². The van der Waals surface area contributed by atoms with Crippen molar-refractivity contribution in [2.45, 2.75) is 26.7 Å². The standard InChI is InChI=1S/C30H28N2O4/c1-3-17-5-9-19(10-6-17)31-27(33)21-13-15-23-26-24(16-14-22(25(21)26)28(31)34)30(36)32(29(23)35)20-11-7-18(4-2)8-12-20/h5-16,21-26H,3-4H2,1-2H3/t21-,22-,23-,24+,25?,26?/m0/s1. The molecule has 2 unspecified atom stereocenters. The largest absolute Gasteiger partial charge is 0.273 e. The van der Waals surface area contributed by atoms with Crippen LogP contribution in [0.25, 0.3) is 0 Å². The quantitative estimate of drug-likeness (QED) is 0.488. The Hall–Kier alpha value is -3.80. The molecule has 2 saturated heterocycles. The summed E-state index contributed by atoms with van der Waals surface area (Å²) in [5.74, 6) is -4.16. The van der Waals surface area contributed by atoms with Crippen LogP contribution in [0.3, 0.4) is 0 Å². The van der Waals surface area contributed by atoms with Crippen molar-refractivity contribution in [2.75, 3.05) is 9.80 Å². The average molecular weight is 481 g/mol. The van der Waals surface area contributed by atoms with Gasteiger partial charge in [-0.05, 0) is 60.1 Å². The summed E-state index contributed by atoms with van der Waals surface area (Å²) in [6.45, 7) is 4.11. The number of aryl methyl sites for hydroxylation is 2. The van der Waals surface area contributed by atoms with Gasteiger partial charge in [0.1, 0.15) is 0 Å². The van der Waals surface area contributed by atoms with E-state index in [0.29, 0.717) is 11.4 Å². The minimum atomic E-state index is -0.553. The predicted molar refractivity (Wildman–Crippen MR) is 136 cm³/mol. The molecule has 36 heavy (non-hydrogen) atoms. The van der Waals surface area contributed by atoms with Crippen molar-refractivity contribution in [3.8, 4) is 0 Å². The predicted octanol–water partition coefficient (Wildman–Crippen LogP) is 4.09. The van der Waals surface area contributed by atoms with Gasteiger partial charge >= 0.3 is 0 Å². The van der Waals surface area contributed by atoms with Gasteiger partial charge < -0.3 is 0 Å². The molecule has 6 rings (SSSR count). The first-order chi connectivity index (χ1) is 17.4. The number of benzene rings is 2. The molecule has 0 radical (unpaired) electrons. The van der Waals surface area contributed by atoms with Crippen LogP contribution in [0.5, 0.6) is 0 Å². The minimum absolute atomic E-state index is 0.285. The van der Waals surface area contributed by atoms with Crippen molar-refractivity contribution in [1.82, 2.24) is 0 Å². The van der Waals surface area contributed by atoms with E-state index in [1.165, 1.54) is 9.80 Å². The number of hydrogen-bond donors (Lipinski definition) is 0. The molecule has 0 saturated carbocycles. The van der Waals surface area contributed by atoms with Crippen LogP contribution in [-0.2, 0) is 32.0 Å². The molecule has 4 amide bonds. The summed E-state index contributed by atoms with van der Waals surface area (Å²) in [6.07, 6.45) is 8.92. The molecule has 2 aliphatic carbocycles. The van der Waals surface area contributed by atoms with Gasteiger partial charge in [-0.15, -0.1) is 0 Å². The lowest BCUT2D eigenvalue weighted by Gasteiger charge is -2.53. The van der Waals surface area contributed by atoms with Crippen LogP contribution < -0.4 is 9.80 Å². The summed E-state index contributed by atoms with van der Waals surface area (Å²) in [4.78, 5) is 57.1. The maximum Gasteiger partial charge on any atom is 0.241 e. The van der Waals surface area contributed by atoms with E-state index in [9.17, 15) is 19.2 Å². The van der Waals surface area contributed by atoms with Crippen LogP contribution in [0, 0.1) is 35.5 Å². The molecule has 182 valence electrons. The van der Waals surface area contributed by atoms with Crippen molar-refractivity contribution < 1.29 is 19.2 Å². The topological polar surface area (TPSA) is 74.8 Å². The zero-order valence-corrected chi connectivity index (χ0v) is 20.3. The highest BCUT2D eigenvalue weighted by atomic mass is 16.2. The highest BCUT2D eigenvalue weighted by molar-refractivity contribution is 6.22. The molecular formula is C30H28N2O4. The van der Waals surface area contributed by atoms with E-state index in [-0.39, 0.29) is 23.6 Å². The third kappa shape index (κ3) is 3.16. The minimum Gasteiger partial charge on any atom is -0.273 e. The SMILES string of the molecule is CCc1ccc(N2C(=O)[C@H]3C=C[C@@H]4C(=O)N(c5ccc(CC)cc5)C(=O)[C@@H]5C=C[C@H](C2=O)C3C45)cc1. The number of carbonyl (C=O) groups excluding carboxylic acids is 4. The number of carbonyl (C=O) groups is 4. The zero-order chi connectivity index (χ0) is 25.1. The Morgan fingerprint density at radius 2 is 0.778 bits per heavy atom. The van der Waals surface area contributed by atoms with Gasteiger partial charge in [-0.3, -0.25) is 19.2 Å². The smallest absolute Gasteiger partial charge is 0.241 e. The number of rotatable bonds is 4. The van der Waals surface area contributed by atoms with Gasteiger partial charge in [0.15, 0.2) is 0 Å². The number of amides is 4. The molecule has 4 aliphatic rings. The fourth-order valence-electron chi connectivity index (χ4n) is 6.47. The number of piperidine rings is 2. The molecule has 2 aliphatic heterocycles.